The summed E-state index contributed by atoms with van der Waals surface area (Å²) in [5, 5.41) is 0. The van der Waals surface area contributed by atoms with E-state index in [1.807, 2.05) is 0 Å². The first-order valence-corrected chi connectivity index (χ1v) is 11.4. The van der Waals surface area contributed by atoms with Crippen LogP contribution in [0.2, 0.25) is 0 Å². The number of unbranched alkanes of at least 4 members (excludes halogenated alkanes) is 6. The molecule has 2 saturated carbocycles. The van der Waals surface area contributed by atoms with Gasteiger partial charge in [-0.15, -0.1) is 0 Å². The number of hydrogen-bond acceptors (Lipinski definition) is 0. The van der Waals surface area contributed by atoms with Gasteiger partial charge in [0.05, 0.1) is 0 Å². The highest BCUT2D eigenvalue weighted by molar-refractivity contribution is 4.75. The summed E-state index contributed by atoms with van der Waals surface area (Å²) in [5.74, 6) is 3.30. The average molecular weight is 321 g/mol. The van der Waals surface area contributed by atoms with Crippen molar-refractivity contribution in [3.63, 3.8) is 0 Å². The van der Waals surface area contributed by atoms with E-state index in [2.05, 4.69) is 6.92 Å². The molecule has 0 aliphatic heterocycles. The predicted octanol–water partition coefficient (Wildman–Crippen LogP) is 8.29. The monoisotopic (exact) mass is 320 g/mol. The highest BCUT2D eigenvalue weighted by Gasteiger charge is 2.22. The lowest BCUT2D eigenvalue weighted by Crippen LogP contribution is -2.16. The lowest BCUT2D eigenvalue weighted by molar-refractivity contribution is 0.226. The summed E-state index contributed by atoms with van der Waals surface area (Å²) in [7, 11) is 0. The van der Waals surface area contributed by atoms with Crippen molar-refractivity contribution < 1.29 is 0 Å². The second-order valence-corrected chi connectivity index (χ2v) is 8.88. The Balaban J connectivity index is 1.42. The Kier molecular flexibility index (Phi) is 10.4. The lowest BCUT2D eigenvalue weighted by atomic mass is 9.76. The van der Waals surface area contributed by atoms with Crippen molar-refractivity contribution in [3.05, 3.63) is 0 Å². The summed E-state index contributed by atoms with van der Waals surface area (Å²) in [5.41, 5.74) is 0. The zero-order valence-electron chi connectivity index (χ0n) is 16.2. The Bertz CT molecular complexity index is 255. The third kappa shape index (κ3) is 8.59. The smallest absolute Gasteiger partial charge is 0.0414 e. The summed E-state index contributed by atoms with van der Waals surface area (Å²) < 4.78 is 0. The minimum atomic E-state index is 1.09. The molecule has 0 unspecified atom stereocenters. The maximum absolute atomic E-state index is 2.31. The Morgan fingerprint density at radius 1 is 0.478 bits per heavy atom. The fourth-order valence-corrected chi connectivity index (χ4v) is 5.15. The van der Waals surface area contributed by atoms with Crippen LogP contribution < -0.4 is 0 Å². The SMILES string of the molecule is CCCCCCCCCC1CCC(CCC2CCCCC2)CC1. The Morgan fingerprint density at radius 3 is 1.57 bits per heavy atom. The predicted molar refractivity (Wildman–Crippen MR) is 104 cm³/mol. The first-order chi connectivity index (χ1) is 11.4. The molecular formula is C23H44. The molecule has 0 amide bonds. The van der Waals surface area contributed by atoms with Gasteiger partial charge in [-0.2, -0.15) is 0 Å². The molecule has 0 saturated heterocycles. The molecule has 136 valence electrons. The second-order valence-electron chi connectivity index (χ2n) is 8.88. The molecule has 0 radical (unpaired) electrons. The second kappa shape index (κ2) is 12.4. The van der Waals surface area contributed by atoms with E-state index in [4.69, 9.17) is 0 Å². The van der Waals surface area contributed by atoms with Crippen molar-refractivity contribution in [2.45, 2.75) is 129 Å². The molecule has 0 heterocycles. The zero-order valence-corrected chi connectivity index (χ0v) is 16.2. The van der Waals surface area contributed by atoms with Crippen LogP contribution >= 0.6 is 0 Å². The average Bonchev–Trinajstić information content (AvgIpc) is 2.61. The molecule has 0 nitrogen and oxygen atoms in total. The minimum Gasteiger partial charge on any atom is -0.0654 e. The first-order valence-electron chi connectivity index (χ1n) is 11.4. The highest BCUT2D eigenvalue weighted by atomic mass is 14.3. The summed E-state index contributed by atoms with van der Waals surface area (Å²) in [6.07, 6.45) is 28.9. The van der Waals surface area contributed by atoms with E-state index in [9.17, 15) is 0 Å². The van der Waals surface area contributed by atoms with Crippen LogP contribution in [-0.4, -0.2) is 0 Å². The molecule has 2 aliphatic rings. The fraction of sp³-hybridized carbons (Fsp3) is 1.00. The molecule has 0 aromatic rings. The molecule has 2 fully saturated rings. The zero-order chi connectivity index (χ0) is 16.2. The van der Waals surface area contributed by atoms with Crippen LogP contribution in [0.15, 0.2) is 0 Å². The molecule has 0 bridgehead atoms. The van der Waals surface area contributed by atoms with Gasteiger partial charge in [0.1, 0.15) is 0 Å². The molecule has 0 aromatic carbocycles. The van der Waals surface area contributed by atoms with Gasteiger partial charge in [0.2, 0.25) is 0 Å². The van der Waals surface area contributed by atoms with Gasteiger partial charge >= 0.3 is 0 Å². The van der Waals surface area contributed by atoms with Gasteiger partial charge in [0.25, 0.3) is 0 Å². The summed E-state index contributed by atoms with van der Waals surface area (Å²) >= 11 is 0. The van der Waals surface area contributed by atoms with Crippen LogP contribution in [-0.2, 0) is 0 Å². The molecule has 23 heavy (non-hydrogen) atoms. The topological polar surface area (TPSA) is 0 Å². The molecule has 2 rings (SSSR count). The van der Waals surface area contributed by atoms with Crippen LogP contribution in [0.25, 0.3) is 0 Å². The van der Waals surface area contributed by atoms with Crippen molar-refractivity contribution in [1.29, 1.82) is 0 Å². The van der Waals surface area contributed by atoms with E-state index < -0.39 is 0 Å². The Labute approximate surface area is 147 Å². The quantitative estimate of drug-likeness (QED) is 0.336. The van der Waals surface area contributed by atoms with Crippen molar-refractivity contribution in [2.75, 3.05) is 0 Å². The molecule has 0 heteroatoms. The molecule has 0 atom stereocenters. The molecule has 0 N–H and O–H groups in total. The van der Waals surface area contributed by atoms with Gasteiger partial charge in [-0.1, -0.05) is 129 Å². The summed E-state index contributed by atoms with van der Waals surface area (Å²) in [6.45, 7) is 2.31. The highest BCUT2D eigenvalue weighted by Crippen LogP contribution is 2.36. The van der Waals surface area contributed by atoms with Crippen LogP contribution in [0.1, 0.15) is 129 Å². The fourth-order valence-electron chi connectivity index (χ4n) is 5.15. The van der Waals surface area contributed by atoms with E-state index in [0.29, 0.717) is 0 Å². The third-order valence-electron chi connectivity index (χ3n) is 6.89. The summed E-state index contributed by atoms with van der Waals surface area (Å²) in [4.78, 5) is 0. The van der Waals surface area contributed by atoms with Gasteiger partial charge in [-0.3, -0.25) is 0 Å². The van der Waals surface area contributed by atoms with Gasteiger partial charge < -0.3 is 0 Å². The van der Waals surface area contributed by atoms with Crippen LogP contribution in [0.4, 0.5) is 0 Å². The molecule has 0 spiro atoms. The van der Waals surface area contributed by atoms with Crippen LogP contribution in [0.5, 0.6) is 0 Å². The standard InChI is InChI=1S/C23H44/c1-2-3-4-5-6-7-9-14-22-16-19-23(20-17-22)18-15-21-12-10-8-11-13-21/h21-23H,2-20H2,1H3. The van der Waals surface area contributed by atoms with E-state index in [0.717, 1.165) is 17.8 Å². The van der Waals surface area contributed by atoms with Gasteiger partial charge in [-0.05, 0) is 17.8 Å². The maximum Gasteiger partial charge on any atom is -0.0414 e. The van der Waals surface area contributed by atoms with E-state index in [1.165, 1.54) is 64.2 Å². The van der Waals surface area contributed by atoms with Crippen molar-refractivity contribution in [2.24, 2.45) is 17.8 Å². The van der Waals surface area contributed by atoms with Gasteiger partial charge in [0, 0.05) is 0 Å². The van der Waals surface area contributed by atoms with E-state index >= 15 is 0 Å². The van der Waals surface area contributed by atoms with Gasteiger partial charge in [-0.25, -0.2) is 0 Å². The normalized spacial score (nSPS) is 26.5. The third-order valence-corrected chi connectivity index (χ3v) is 6.89. The van der Waals surface area contributed by atoms with Crippen LogP contribution in [0.3, 0.4) is 0 Å². The molecule has 2 aliphatic carbocycles. The number of rotatable bonds is 11. The van der Waals surface area contributed by atoms with Crippen molar-refractivity contribution >= 4 is 0 Å². The summed E-state index contributed by atoms with van der Waals surface area (Å²) in [6, 6.07) is 0. The van der Waals surface area contributed by atoms with Crippen molar-refractivity contribution in [1.82, 2.24) is 0 Å². The largest absolute Gasteiger partial charge is 0.0654 e. The maximum atomic E-state index is 2.31. The lowest BCUT2D eigenvalue weighted by Gasteiger charge is -2.30. The minimum absolute atomic E-state index is 1.09. The van der Waals surface area contributed by atoms with Crippen LogP contribution in [0, 0.1) is 17.8 Å². The number of hydrogen-bond donors (Lipinski definition) is 0. The molecular weight excluding hydrogens is 276 g/mol. The first kappa shape index (κ1) is 19.3. The van der Waals surface area contributed by atoms with E-state index in [-0.39, 0.29) is 0 Å². The van der Waals surface area contributed by atoms with E-state index in [1.54, 1.807) is 57.8 Å². The molecule has 0 aromatic heterocycles. The Morgan fingerprint density at radius 2 is 0.957 bits per heavy atom. The van der Waals surface area contributed by atoms with Gasteiger partial charge in [0.15, 0.2) is 0 Å². The van der Waals surface area contributed by atoms with Crippen molar-refractivity contribution in [3.8, 4) is 0 Å². The Hall–Kier alpha value is 0.